The molecule has 0 atom stereocenters. The van der Waals surface area contributed by atoms with E-state index in [1.165, 1.54) is 0 Å². The molecule has 18 heavy (non-hydrogen) atoms. The van der Waals surface area contributed by atoms with Gasteiger partial charge in [-0.1, -0.05) is 0 Å². The molecule has 0 aliphatic carbocycles. The standard InChI is InChI=1S/C13H18N2O2S/c1-2-3-4-5-12(17)15-8-6-13(7-9-15)14-11(16)10-18-13/h1H,3-10H2,(H,14,16). The van der Waals surface area contributed by atoms with Crippen LogP contribution in [0.2, 0.25) is 0 Å². The molecular weight excluding hydrogens is 248 g/mol. The Hall–Kier alpha value is -1.15. The van der Waals surface area contributed by atoms with Crippen LogP contribution in [0.25, 0.3) is 0 Å². The molecule has 0 saturated carbocycles. The largest absolute Gasteiger partial charge is 0.342 e. The fourth-order valence-electron chi connectivity index (χ4n) is 2.42. The summed E-state index contributed by atoms with van der Waals surface area (Å²) in [6.45, 7) is 1.48. The number of terminal acetylenes is 1. The minimum absolute atomic E-state index is 0.104. The Kier molecular flexibility index (Phi) is 4.18. The molecule has 1 N–H and O–H groups in total. The summed E-state index contributed by atoms with van der Waals surface area (Å²) in [6.07, 6.45) is 8.84. The van der Waals surface area contributed by atoms with Gasteiger partial charge in [0.05, 0.1) is 10.6 Å². The van der Waals surface area contributed by atoms with Crippen LogP contribution < -0.4 is 5.32 Å². The maximum absolute atomic E-state index is 11.9. The van der Waals surface area contributed by atoms with Gasteiger partial charge in [0.25, 0.3) is 0 Å². The number of nitrogens with one attached hydrogen (secondary N) is 1. The number of amides is 2. The second-order valence-corrected chi connectivity index (χ2v) is 6.13. The quantitative estimate of drug-likeness (QED) is 0.612. The minimum atomic E-state index is -0.104. The van der Waals surface area contributed by atoms with Crippen LogP contribution in [-0.2, 0) is 9.59 Å². The van der Waals surface area contributed by atoms with Crippen molar-refractivity contribution in [2.75, 3.05) is 18.8 Å². The fourth-order valence-corrected chi connectivity index (χ4v) is 3.55. The number of nitrogens with zero attached hydrogens (tertiary/aromatic N) is 1. The average Bonchev–Trinajstić information content (AvgIpc) is 2.72. The lowest BCUT2D eigenvalue weighted by atomic mass is 10.0. The van der Waals surface area contributed by atoms with E-state index in [2.05, 4.69) is 11.2 Å². The van der Waals surface area contributed by atoms with Crippen LogP contribution in [-0.4, -0.2) is 40.4 Å². The summed E-state index contributed by atoms with van der Waals surface area (Å²) in [5.74, 6) is 3.41. The van der Waals surface area contributed by atoms with Crippen molar-refractivity contribution in [3.8, 4) is 12.3 Å². The second-order valence-electron chi connectivity index (χ2n) is 4.77. The smallest absolute Gasteiger partial charge is 0.231 e. The van der Waals surface area contributed by atoms with Crippen LogP contribution in [0.5, 0.6) is 0 Å². The molecular formula is C13H18N2O2S. The molecule has 2 heterocycles. The summed E-state index contributed by atoms with van der Waals surface area (Å²) in [4.78, 5) is 25.0. The van der Waals surface area contributed by atoms with Crippen molar-refractivity contribution in [3.63, 3.8) is 0 Å². The van der Waals surface area contributed by atoms with Crippen molar-refractivity contribution in [2.24, 2.45) is 0 Å². The Morgan fingerprint density at radius 3 is 2.78 bits per heavy atom. The van der Waals surface area contributed by atoms with Crippen LogP contribution >= 0.6 is 11.8 Å². The molecule has 2 amide bonds. The van der Waals surface area contributed by atoms with E-state index in [-0.39, 0.29) is 16.7 Å². The van der Waals surface area contributed by atoms with Gasteiger partial charge in [-0.2, -0.15) is 0 Å². The molecule has 2 aliphatic heterocycles. The van der Waals surface area contributed by atoms with Crippen molar-refractivity contribution >= 4 is 23.6 Å². The zero-order valence-electron chi connectivity index (χ0n) is 10.4. The molecule has 0 aromatic heterocycles. The zero-order chi connectivity index (χ0) is 13.0. The Morgan fingerprint density at radius 2 is 2.22 bits per heavy atom. The number of piperidine rings is 1. The number of unbranched alkanes of at least 4 members (excludes halogenated alkanes) is 1. The first-order valence-electron chi connectivity index (χ1n) is 6.31. The SMILES string of the molecule is C#CCCCC(=O)N1CCC2(CC1)NC(=O)CS2. The molecule has 2 aliphatic rings. The molecule has 0 radical (unpaired) electrons. The third-order valence-corrected chi connectivity index (χ3v) is 4.95. The highest BCUT2D eigenvalue weighted by Gasteiger charge is 2.41. The van der Waals surface area contributed by atoms with Crippen molar-refractivity contribution in [1.82, 2.24) is 10.2 Å². The Balaban J connectivity index is 1.78. The third kappa shape index (κ3) is 2.99. The highest BCUT2D eigenvalue weighted by Crippen LogP contribution is 2.37. The van der Waals surface area contributed by atoms with Crippen molar-refractivity contribution in [2.45, 2.75) is 37.0 Å². The van der Waals surface area contributed by atoms with E-state index in [0.29, 0.717) is 18.6 Å². The number of hydrogen-bond donors (Lipinski definition) is 1. The molecule has 2 saturated heterocycles. The molecule has 0 aromatic rings. The Bertz CT molecular complexity index is 381. The lowest BCUT2D eigenvalue weighted by Gasteiger charge is -2.38. The van der Waals surface area contributed by atoms with Crippen LogP contribution in [0.3, 0.4) is 0 Å². The summed E-state index contributed by atoms with van der Waals surface area (Å²) in [5.41, 5.74) is 0. The highest BCUT2D eigenvalue weighted by molar-refractivity contribution is 8.01. The van der Waals surface area contributed by atoms with Gasteiger partial charge in [-0.3, -0.25) is 9.59 Å². The van der Waals surface area contributed by atoms with Crippen LogP contribution in [0.15, 0.2) is 0 Å². The molecule has 98 valence electrons. The van der Waals surface area contributed by atoms with Gasteiger partial charge >= 0.3 is 0 Å². The maximum atomic E-state index is 11.9. The number of likely N-dealkylation sites (tertiary alicyclic amines) is 1. The first kappa shape index (κ1) is 13.3. The van der Waals surface area contributed by atoms with Gasteiger partial charge in [0.15, 0.2) is 0 Å². The summed E-state index contributed by atoms with van der Waals surface area (Å²) in [5, 5.41) is 3.04. The summed E-state index contributed by atoms with van der Waals surface area (Å²) < 4.78 is 0. The lowest BCUT2D eigenvalue weighted by Crippen LogP contribution is -2.50. The van der Waals surface area contributed by atoms with Crippen molar-refractivity contribution in [3.05, 3.63) is 0 Å². The highest BCUT2D eigenvalue weighted by atomic mass is 32.2. The monoisotopic (exact) mass is 266 g/mol. The topological polar surface area (TPSA) is 49.4 Å². The second kappa shape index (κ2) is 5.66. The van der Waals surface area contributed by atoms with E-state index in [4.69, 9.17) is 6.42 Å². The van der Waals surface area contributed by atoms with Crippen molar-refractivity contribution < 1.29 is 9.59 Å². The average molecular weight is 266 g/mol. The Morgan fingerprint density at radius 1 is 1.50 bits per heavy atom. The molecule has 0 aromatic carbocycles. The number of rotatable bonds is 3. The summed E-state index contributed by atoms with van der Waals surface area (Å²) >= 11 is 1.68. The van der Waals surface area contributed by atoms with Crippen LogP contribution in [0.1, 0.15) is 32.1 Å². The molecule has 2 rings (SSSR count). The first-order valence-corrected chi connectivity index (χ1v) is 7.30. The van der Waals surface area contributed by atoms with E-state index in [0.717, 1.165) is 32.4 Å². The first-order chi connectivity index (χ1) is 8.65. The van der Waals surface area contributed by atoms with E-state index >= 15 is 0 Å². The van der Waals surface area contributed by atoms with E-state index in [9.17, 15) is 9.59 Å². The van der Waals surface area contributed by atoms with Gasteiger partial charge in [-0.05, 0) is 19.3 Å². The molecule has 2 fully saturated rings. The normalized spacial score (nSPS) is 21.7. The van der Waals surface area contributed by atoms with Crippen LogP contribution in [0.4, 0.5) is 0 Å². The lowest BCUT2D eigenvalue weighted by molar-refractivity contribution is -0.132. The molecule has 1 spiro atoms. The number of carbonyl (C=O) groups is 2. The van der Waals surface area contributed by atoms with E-state index in [1.807, 2.05) is 4.90 Å². The predicted molar refractivity (Wildman–Crippen MR) is 71.8 cm³/mol. The number of carbonyl (C=O) groups excluding carboxylic acids is 2. The number of thioether (sulfide) groups is 1. The van der Waals surface area contributed by atoms with E-state index in [1.54, 1.807) is 11.8 Å². The zero-order valence-corrected chi connectivity index (χ0v) is 11.2. The maximum Gasteiger partial charge on any atom is 0.231 e. The van der Waals surface area contributed by atoms with Crippen LogP contribution in [0, 0.1) is 12.3 Å². The Labute approximate surface area is 112 Å². The molecule has 4 nitrogen and oxygen atoms in total. The predicted octanol–water partition coefficient (Wildman–Crippen LogP) is 0.972. The van der Waals surface area contributed by atoms with Gasteiger partial charge in [-0.25, -0.2) is 0 Å². The van der Waals surface area contributed by atoms with Gasteiger partial charge in [0, 0.05) is 25.9 Å². The van der Waals surface area contributed by atoms with Gasteiger partial charge < -0.3 is 10.2 Å². The third-order valence-electron chi connectivity index (χ3n) is 3.48. The minimum Gasteiger partial charge on any atom is -0.342 e. The molecule has 5 heteroatoms. The molecule has 0 bridgehead atoms. The van der Waals surface area contributed by atoms with Gasteiger partial charge in [-0.15, -0.1) is 24.1 Å². The van der Waals surface area contributed by atoms with E-state index < -0.39 is 0 Å². The van der Waals surface area contributed by atoms with Crippen molar-refractivity contribution in [1.29, 1.82) is 0 Å². The summed E-state index contributed by atoms with van der Waals surface area (Å²) in [7, 11) is 0. The van der Waals surface area contributed by atoms with Gasteiger partial charge in [0.1, 0.15) is 0 Å². The van der Waals surface area contributed by atoms with Gasteiger partial charge in [0.2, 0.25) is 11.8 Å². The molecule has 0 unspecified atom stereocenters. The fraction of sp³-hybridized carbons (Fsp3) is 0.692. The summed E-state index contributed by atoms with van der Waals surface area (Å²) in [6, 6.07) is 0. The number of hydrogen-bond acceptors (Lipinski definition) is 3.